The molecule has 0 saturated heterocycles. The fourth-order valence-corrected chi connectivity index (χ4v) is 11.5. The van der Waals surface area contributed by atoms with Crippen molar-refractivity contribution >= 4 is 162 Å². The maximum Gasteiger partial charge on any atom is 0.296 e. The second-order valence-electron chi connectivity index (χ2n) is 16.2. The summed E-state index contributed by atoms with van der Waals surface area (Å²) >= 11 is 1.12. The van der Waals surface area contributed by atoms with Gasteiger partial charge in [-0.1, -0.05) is 20.2 Å². The van der Waals surface area contributed by atoms with Crippen LogP contribution in [0, 0.1) is 0 Å². The highest BCUT2D eigenvalue weighted by Crippen LogP contribution is 2.52. The molecule has 452 valence electrons. The fraction of sp³-hybridized carbons (Fsp3) is 0.0455. The average Bonchev–Trinajstić information content (AvgIpc) is 1.41. The number of hydrogen-bond acceptors (Lipinski definition) is 36. The number of benzene rings is 8. The van der Waals surface area contributed by atoms with Crippen molar-refractivity contribution in [1.29, 1.82) is 0 Å². The lowest BCUT2D eigenvalue weighted by Gasteiger charge is -2.14. The number of phenols is 3. The Morgan fingerprint density at radius 2 is 0.849 bits per heavy atom. The van der Waals surface area contributed by atoms with E-state index in [1.165, 1.54) is 62.8 Å². The Bertz CT molecular complexity index is 4450. The van der Waals surface area contributed by atoms with Crippen LogP contribution < -0.4 is 15.2 Å². The average molecular weight is 1330 g/mol. The van der Waals surface area contributed by atoms with Gasteiger partial charge in [0.25, 0.3) is 30.4 Å². The summed E-state index contributed by atoms with van der Waals surface area (Å²) in [4.78, 5) is -3.30. The molecule has 0 bridgehead atoms. The van der Waals surface area contributed by atoms with E-state index in [4.69, 9.17) is 36.2 Å². The Balaban J connectivity index is 1.24. The Morgan fingerprint density at radius 3 is 1.44 bits per heavy atom. The Labute approximate surface area is 496 Å². The number of rotatable bonds is 25. The van der Waals surface area contributed by atoms with E-state index in [0.717, 1.165) is 42.5 Å². The predicted octanol–water partition coefficient (Wildman–Crippen LogP) is 13.0. The molecule has 0 spiro atoms. The van der Waals surface area contributed by atoms with Gasteiger partial charge in [0.2, 0.25) is 0 Å². The summed E-state index contributed by atoms with van der Waals surface area (Å²) in [6.45, 7) is 0. The summed E-state index contributed by atoms with van der Waals surface area (Å²) in [5.41, 5.74) is 2.30. The summed E-state index contributed by atoms with van der Waals surface area (Å²) in [6, 6.07) is 17.6. The van der Waals surface area contributed by atoms with E-state index in [9.17, 15) is 54.2 Å². The number of anilines is 1. The number of hydrogen-bond donors (Lipinski definition) is 11. The number of aromatic hydroxyl groups is 3. The molecule has 0 aliphatic heterocycles. The highest BCUT2D eigenvalue weighted by Gasteiger charge is 2.28. The first-order chi connectivity index (χ1) is 40.9. The SMILES string of the molecule is COc1ccc(N=Nc2c(S(=O)(=O)O)cc3cc(SOOO)c(N=Nc4c(S(=O)(=O)O)cc5cc(SOOO)c(N=Nc6ccc7c(O)c(N=Nc8ccc(OC)cc8S(=O)(=O)O)c(SOOO)cc7c6)c(O)c5c4N)cc3c2O)c(SOOO)c1. The van der Waals surface area contributed by atoms with Gasteiger partial charge in [0, 0.05) is 16.8 Å². The number of azo groups is 4. The lowest BCUT2D eigenvalue weighted by atomic mass is 10.0. The zero-order chi connectivity index (χ0) is 62.3. The van der Waals surface area contributed by atoms with Gasteiger partial charge in [-0.3, -0.25) is 13.7 Å². The Kier molecular flexibility index (Phi) is 20.5. The van der Waals surface area contributed by atoms with E-state index >= 15 is 0 Å². The maximum atomic E-state index is 13.1. The lowest BCUT2D eigenvalue weighted by Crippen LogP contribution is -2.02. The standard InChI is InChI=1S/C44H33N9O26S7/c1-70-22-4-7-26(30(15-22)81-77-73-58)47-53-41-35(86(67,68)69)13-19-10-29(80-76-72-57)28(17-25(19)43(41)55)49-52-40-34(85(64,65)66)14-20-12-32(83-79-75-60)39(44(56)36(20)37(40)45)50-46-21-3-6-24-18(9-21)11-31(82-78-74-59)38(42(24)54)51-48-27-8-5-23(71-2)16-33(27)84(61,62)63/h3-17,54-60H,45H2,1-2H3,(H,61,62,63)(H,64,65,66)(H,67,68,69). The van der Waals surface area contributed by atoms with Crippen LogP contribution in [-0.4, -0.2) is 89.5 Å². The van der Waals surface area contributed by atoms with Crippen LogP contribution in [0.25, 0.3) is 32.3 Å². The molecule has 8 rings (SSSR count). The van der Waals surface area contributed by atoms with Gasteiger partial charge in [0.05, 0.1) is 98.7 Å². The van der Waals surface area contributed by atoms with Crippen LogP contribution in [0.1, 0.15) is 0 Å². The van der Waals surface area contributed by atoms with Gasteiger partial charge in [-0.2, -0.15) is 30.4 Å². The minimum absolute atomic E-state index is 0.0306. The second kappa shape index (κ2) is 27.4. The molecule has 0 aliphatic carbocycles. The van der Waals surface area contributed by atoms with E-state index in [1.807, 2.05) is 0 Å². The molecule has 35 nitrogen and oxygen atoms in total. The number of methoxy groups -OCH3 is 2. The highest BCUT2D eigenvalue weighted by molar-refractivity contribution is 7.95. The van der Waals surface area contributed by atoms with Crippen molar-refractivity contribution in [1.82, 2.24) is 0 Å². The summed E-state index contributed by atoms with van der Waals surface area (Å²) < 4.78 is 135. The molecule has 86 heavy (non-hydrogen) atoms. The molecule has 0 saturated carbocycles. The van der Waals surface area contributed by atoms with Crippen LogP contribution in [0.5, 0.6) is 28.7 Å². The number of nitrogen functional groups attached to an aromatic ring is 1. The minimum atomic E-state index is -5.36. The normalized spacial score (nSPS) is 12.6. The van der Waals surface area contributed by atoms with Gasteiger partial charge in [-0.25, -0.2) is 21.0 Å². The van der Waals surface area contributed by atoms with Crippen molar-refractivity contribution in [3.63, 3.8) is 0 Å². The summed E-state index contributed by atoms with van der Waals surface area (Å²) in [7, 11) is -12.9. The molecule has 0 heterocycles. The first-order valence-corrected chi connectivity index (χ1v) is 29.5. The van der Waals surface area contributed by atoms with E-state index in [-0.39, 0.29) is 105 Å². The highest BCUT2D eigenvalue weighted by atomic mass is 32.2. The fourth-order valence-electron chi connectivity index (χ4n) is 7.64. The molecular weight excluding hydrogens is 1290 g/mol. The molecular formula is C44H33N9O26S7. The van der Waals surface area contributed by atoms with E-state index in [0.29, 0.717) is 24.1 Å². The third-order valence-electron chi connectivity index (χ3n) is 11.3. The Morgan fingerprint density at radius 1 is 0.407 bits per heavy atom. The number of fused-ring (bicyclic) bond motifs is 3. The third-order valence-corrected chi connectivity index (χ3v) is 16.4. The van der Waals surface area contributed by atoms with Gasteiger partial charge in [-0.15, -0.1) is 53.1 Å². The van der Waals surface area contributed by atoms with Gasteiger partial charge >= 0.3 is 0 Å². The molecule has 0 radical (unpaired) electrons. The number of ether oxygens (including phenoxy) is 2. The van der Waals surface area contributed by atoms with Crippen molar-refractivity contribution in [2.45, 2.75) is 34.3 Å². The summed E-state index contributed by atoms with van der Waals surface area (Å²) in [5.74, 6) is -2.15. The quantitative estimate of drug-likeness (QED) is 0.00632. The number of phenolic OH excluding ortho intramolecular Hbond substituents is 3. The van der Waals surface area contributed by atoms with Gasteiger partial charge in [0.15, 0.2) is 17.2 Å². The Hall–Kier alpha value is -7.61. The maximum absolute atomic E-state index is 13.1. The number of nitrogens with zero attached hydrogens (tertiary/aromatic N) is 8. The molecule has 12 N–H and O–H groups in total. The smallest absolute Gasteiger partial charge is 0.296 e. The summed E-state index contributed by atoms with van der Waals surface area (Å²) in [5, 5.41) is 117. The lowest BCUT2D eigenvalue weighted by molar-refractivity contribution is -0.432. The van der Waals surface area contributed by atoms with Crippen LogP contribution in [-0.2, 0) is 67.8 Å². The monoisotopic (exact) mass is 1330 g/mol. The van der Waals surface area contributed by atoms with Crippen molar-refractivity contribution in [3.05, 3.63) is 91.0 Å². The molecule has 0 amide bonds. The van der Waals surface area contributed by atoms with Crippen molar-refractivity contribution in [3.8, 4) is 28.7 Å². The zero-order valence-electron chi connectivity index (χ0n) is 42.2. The zero-order valence-corrected chi connectivity index (χ0v) is 47.9. The van der Waals surface area contributed by atoms with Crippen molar-refractivity contribution in [2.75, 3.05) is 20.0 Å². The van der Waals surface area contributed by atoms with Crippen LogP contribution in [0.3, 0.4) is 0 Å². The van der Waals surface area contributed by atoms with Gasteiger partial charge in [0.1, 0.15) is 66.0 Å². The molecule has 0 aromatic heterocycles. The van der Waals surface area contributed by atoms with E-state index < -0.39 is 96.1 Å². The van der Waals surface area contributed by atoms with Gasteiger partial charge in [-0.05, 0) is 101 Å². The largest absolute Gasteiger partial charge is 0.505 e. The molecule has 0 unspecified atom stereocenters. The number of nitrogens with two attached hydrogens (primary N) is 1. The van der Waals surface area contributed by atoms with Crippen LogP contribution >= 0.6 is 48.2 Å². The molecule has 0 fully saturated rings. The van der Waals surface area contributed by atoms with Crippen LogP contribution in [0.2, 0.25) is 0 Å². The molecule has 0 aliphatic rings. The van der Waals surface area contributed by atoms with Gasteiger partial charge < -0.3 is 30.5 Å². The topological polar surface area (TPSA) is 522 Å². The van der Waals surface area contributed by atoms with Crippen LogP contribution in [0.4, 0.5) is 51.2 Å². The predicted molar refractivity (Wildman–Crippen MR) is 296 cm³/mol. The first-order valence-electron chi connectivity index (χ1n) is 22.2. The van der Waals surface area contributed by atoms with Crippen molar-refractivity contribution < 1.29 is 122 Å². The van der Waals surface area contributed by atoms with Crippen molar-refractivity contribution in [2.24, 2.45) is 40.9 Å². The third kappa shape index (κ3) is 14.4. The molecule has 8 aromatic rings. The second-order valence-corrected chi connectivity index (χ2v) is 23.3. The van der Waals surface area contributed by atoms with E-state index in [2.05, 4.69) is 78.4 Å². The molecule has 8 aromatic carbocycles. The summed E-state index contributed by atoms with van der Waals surface area (Å²) in [6.07, 6.45) is 0. The minimum Gasteiger partial charge on any atom is -0.505 e. The van der Waals surface area contributed by atoms with E-state index in [1.54, 1.807) is 0 Å². The first kappa shape index (κ1) is 64.4. The molecule has 0 atom stereocenters. The van der Waals surface area contributed by atoms with Crippen LogP contribution in [0.15, 0.2) is 166 Å². The molecule has 42 heteroatoms.